The molecule has 0 bridgehead atoms. The highest BCUT2D eigenvalue weighted by Crippen LogP contribution is 2.06. The highest BCUT2D eigenvalue weighted by atomic mass is 16.3. The summed E-state index contributed by atoms with van der Waals surface area (Å²) in [4.78, 5) is 26.1. The third-order valence-corrected chi connectivity index (χ3v) is 2.71. The van der Waals surface area contributed by atoms with Crippen LogP contribution >= 0.6 is 0 Å². The number of carbonyl (C=O) groups excluding carboxylic acids is 1. The summed E-state index contributed by atoms with van der Waals surface area (Å²) in [5.74, 6) is -0.0772. The average Bonchev–Trinajstić information content (AvgIpc) is 2.27. The number of aromatic nitrogens is 1. The molecule has 5 heteroatoms. The first kappa shape index (κ1) is 14.4. The van der Waals surface area contributed by atoms with Gasteiger partial charge in [-0.1, -0.05) is 13.8 Å². The van der Waals surface area contributed by atoms with Gasteiger partial charge in [0.1, 0.15) is 5.56 Å². The van der Waals surface area contributed by atoms with E-state index in [-0.39, 0.29) is 18.2 Å². The molecule has 3 N–H and O–H groups in total. The second-order valence-corrected chi connectivity index (χ2v) is 4.85. The van der Waals surface area contributed by atoms with Crippen LogP contribution in [-0.4, -0.2) is 28.6 Å². The first-order chi connectivity index (χ1) is 8.45. The van der Waals surface area contributed by atoms with Gasteiger partial charge in [-0.3, -0.25) is 9.59 Å². The Bertz CT molecular complexity index is 466. The number of H-pyrrole nitrogens is 1. The number of rotatable bonds is 5. The number of aromatic amines is 1. The zero-order chi connectivity index (χ0) is 13.7. The number of aryl methyl sites for hydroxylation is 1. The van der Waals surface area contributed by atoms with Crippen LogP contribution in [0.5, 0.6) is 0 Å². The van der Waals surface area contributed by atoms with Gasteiger partial charge in [0, 0.05) is 6.20 Å². The molecule has 0 spiro atoms. The predicted molar refractivity (Wildman–Crippen MR) is 69.6 cm³/mol. The number of carbonyl (C=O) groups is 1. The zero-order valence-electron chi connectivity index (χ0n) is 11.0. The molecule has 1 rings (SSSR count). The van der Waals surface area contributed by atoms with Crippen molar-refractivity contribution in [3.8, 4) is 0 Å². The van der Waals surface area contributed by atoms with E-state index in [0.29, 0.717) is 17.9 Å². The van der Waals surface area contributed by atoms with Crippen molar-refractivity contribution in [3.05, 3.63) is 33.7 Å². The number of hydrogen-bond donors (Lipinski definition) is 3. The minimum absolute atomic E-state index is 0.111. The maximum Gasteiger partial charge on any atom is 0.261 e. The molecule has 1 heterocycles. The van der Waals surface area contributed by atoms with Crippen molar-refractivity contribution in [1.29, 1.82) is 0 Å². The van der Waals surface area contributed by atoms with Crippen LogP contribution in [0.25, 0.3) is 0 Å². The molecule has 0 aliphatic heterocycles. The lowest BCUT2D eigenvalue weighted by Gasteiger charge is -2.18. The lowest BCUT2D eigenvalue weighted by molar-refractivity contribution is 0.0906. The van der Waals surface area contributed by atoms with Crippen molar-refractivity contribution in [2.45, 2.75) is 33.2 Å². The molecule has 0 aliphatic rings. The summed E-state index contributed by atoms with van der Waals surface area (Å²) in [6.07, 6.45) is 2.18. The Morgan fingerprint density at radius 3 is 2.67 bits per heavy atom. The Kier molecular flexibility index (Phi) is 5.09. The molecular weight excluding hydrogens is 232 g/mol. The average molecular weight is 252 g/mol. The number of hydrogen-bond acceptors (Lipinski definition) is 3. The fourth-order valence-electron chi connectivity index (χ4n) is 1.86. The highest BCUT2D eigenvalue weighted by molar-refractivity contribution is 5.95. The molecule has 18 heavy (non-hydrogen) atoms. The van der Waals surface area contributed by atoms with E-state index < -0.39 is 11.5 Å². The van der Waals surface area contributed by atoms with Gasteiger partial charge in [-0.25, -0.2) is 0 Å². The van der Waals surface area contributed by atoms with Crippen LogP contribution in [-0.2, 0) is 0 Å². The van der Waals surface area contributed by atoms with Gasteiger partial charge in [0.2, 0.25) is 0 Å². The molecule has 0 saturated heterocycles. The Labute approximate surface area is 106 Å². The summed E-state index contributed by atoms with van der Waals surface area (Å²) in [5, 5.41) is 11.9. The number of aliphatic hydroxyl groups is 1. The summed E-state index contributed by atoms with van der Waals surface area (Å²) >= 11 is 0. The van der Waals surface area contributed by atoms with Crippen molar-refractivity contribution in [3.63, 3.8) is 0 Å². The zero-order valence-corrected chi connectivity index (χ0v) is 11.0. The summed E-state index contributed by atoms with van der Waals surface area (Å²) in [6, 6.07) is 1.35. The van der Waals surface area contributed by atoms with E-state index in [1.54, 1.807) is 13.0 Å². The van der Waals surface area contributed by atoms with Gasteiger partial charge in [0.15, 0.2) is 0 Å². The molecule has 1 unspecified atom stereocenters. The van der Waals surface area contributed by atoms with E-state index in [0.717, 1.165) is 0 Å². The molecule has 0 radical (unpaired) electrons. The molecule has 1 aromatic heterocycles. The van der Waals surface area contributed by atoms with Crippen molar-refractivity contribution >= 4 is 5.91 Å². The second-order valence-electron chi connectivity index (χ2n) is 4.85. The molecule has 5 nitrogen and oxygen atoms in total. The van der Waals surface area contributed by atoms with E-state index in [1.165, 1.54) is 6.20 Å². The third-order valence-electron chi connectivity index (χ3n) is 2.71. The van der Waals surface area contributed by atoms with Crippen LogP contribution in [0, 0.1) is 12.8 Å². The van der Waals surface area contributed by atoms with Crippen LogP contribution in [0.1, 0.15) is 36.2 Å². The van der Waals surface area contributed by atoms with E-state index in [1.807, 2.05) is 13.8 Å². The maximum absolute atomic E-state index is 12.0. The van der Waals surface area contributed by atoms with Gasteiger partial charge in [0.25, 0.3) is 11.5 Å². The fourth-order valence-corrected chi connectivity index (χ4v) is 1.86. The number of aliphatic hydroxyl groups excluding tert-OH is 1. The van der Waals surface area contributed by atoms with Crippen LogP contribution in [0.15, 0.2) is 17.1 Å². The van der Waals surface area contributed by atoms with Crippen molar-refractivity contribution in [2.75, 3.05) is 6.61 Å². The minimum Gasteiger partial charge on any atom is -0.394 e. The Morgan fingerprint density at radius 1 is 1.50 bits per heavy atom. The number of nitrogens with one attached hydrogen (secondary N) is 2. The van der Waals surface area contributed by atoms with Crippen molar-refractivity contribution in [2.24, 2.45) is 5.92 Å². The first-order valence-electron chi connectivity index (χ1n) is 6.05. The normalized spacial score (nSPS) is 12.5. The molecular formula is C13H20N2O3. The molecule has 100 valence electrons. The Hall–Kier alpha value is -1.62. The molecule has 1 aromatic rings. The smallest absolute Gasteiger partial charge is 0.261 e. The molecule has 1 amide bonds. The number of amides is 1. The summed E-state index contributed by atoms with van der Waals surface area (Å²) in [6.45, 7) is 5.60. The summed E-state index contributed by atoms with van der Waals surface area (Å²) in [7, 11) is 0. The SMILES string of the molecule is Cc1cc[nH]c(=O)c1C(=O)NC(CO)CC(C)C. The minimum atomic E-state index is -0.436. The van der Waals surface area contributed by atoms with Crippen LogP contribution in [0.4, 0.5) is 0 Å². The largest absolute Gasteiger partial charge is 0.394 e. The van der Waals surface area contributed by atoms with E-state index >= 15 is 0 Å². The third kappa shape index (κ3) is 3.70. The summed E-state index contributed by atoms with van der Waals surface area (Å²) in [5.41, 5.74) is 0.325. The summed E-state index contributed by atoms with van der Waals surface area (Å²) < 4.78 is 0. The van der Waals surface area contributed by atoms with Gasteiger partial charge in [-0.05, 0) is 30.9 Å². The fraction of sp³-hybridized carbons (Fsp3) is 0.538. The highest BCUT2D eigenvalue weighted by Gasteiger charge is 2.18. The standard InChI is InChI=1S/C13H20N2O3/c1-8(2)6-10(7-16)15-13(18)11-9(3)4-5-14-12(11)17/h4-5,8,10,16H,6-7H2,1-3H3,(H,14,17)(H,15,18). The van der Waals surface area contributed by atoms with Crippen molar-refractivity contribution < 1.29 is 9.90 Å². The molecule has 0 aliphatic carbocycles. The van der Waals surface area contributed by atoms with E-state index in [9.17, 15) is 14.7 Å². The number of pyridine rings is 1. The molecule has 1 atom stereocenters. The monoisotopic (exact) mass is 252 g/mol. The quantitative estimate of drug-likeness (QED) is 0.725. The van der Waals surface area contributed by atoms with E-state index in [2.05, 4.69) is 10.3 Å². The maximum atomic E-state index is 12.0. The second kappa shape index (κ2) is 6.35. The Balaban J connectivity index is 2.85. The topological polar surface area (TPSA) is 82.2 Å². The lowest BCUT2D eigenvalue weighted by atomic mass is 10.0. The molecule has 0 saturated carbocycles. The van der Waals surface area contributed by atoms with Crippen LogP contribution < -0.4 is 10.9 Å². The van der Waals surface area contributed by atoms with Gasteiger partial charge in [-0.15, -0.1) is 0 Å². The van der Waals surface area contributed by atoms with Crippen molar-refractivity contribution in [1.82, 2.24) is 10.3 Å². The van der Waals surface area contributed by atoms with E-state index in [4.69, 9.17) is 0 Å². The van der Waals surface area contributed by atoms with Gasteiger partial charge >= 0.3 is 0 Å². The molecule has 0 fully saturated rings. The first-order valence-corrected chi connectivity index (χ1v) is 6.05. The van der Waals surface area contributed by atoms with Crippen LogP contribution in [0.2, 0.25) is 0 Å². The lowest BCUT2D eigenvalue weighted by Crippen LogP contribution is -2.40. The van der Waals surface area contributed by atoms with Gasteiger partial charge in [0.05, 0.1) is 12.6 Å². The van der Waals surface area contributed by atoms with Crippen LogP contribution in [0.3, 0.4) is 0 Å². The van der Waals surface area contributed by atoms with Gasteiger partial charge < -0.3 is 15.4 Å². The van der Waals surface area contributed by atoms with Gasteiger partial charge in [-0.2, -0.15) is 0 Å². The Morgan fingerprint density at radius 2 is 2.17 bits per heavy atom. The predicted octanol–water partition coefficient (Wildman–Crippen LogP) is 0.820. The molecule has 0 aromatic carbocycles.